The van der Waals surface area contributed by atoms with Crippen LogP contribution in [0.4, 0.5) is 4.39 Å². The number of nitrogens with two attached hydrogens (primary N) is 1. The first kappa shape index (κ1) is 14.3. The minimum atomic E-state index is -0.575. The molecular formula is C17H15FN2O2. The van der Waals surface area contributed by atoms with Crippen LogP contribution in [0.5, 0.6) is 0 Å². The first-order valence-electron chi connectivity index (χ1n) is 7.10. The molecular weight excluding hydrogens is 283 g/mol. The fraction of sp³-hybridized carbons (Fsp3) is 0.294. The van der Waals surface area contributed by atoms with E-state index in [0.717, 1.165) is 0 Å². The predicted molar refractivity (Wildman–Crippen MR) is 77.5 cm³/mol. The molecule has 2 N–H and O–H groups in total. The molecule has 112 valence electrons. The van der Waals surface area contributed by atoms with Crippen LogP contribution in [0.3, 0.4) is 0 Å². The summed E-state index contributed by atoms with van der Waals surface area (Å²) in [5, 5.41) is 9.40. The molecule has 2 aliphatic rings. The molecule has 0 spiro atoms. The standard InChI is InChI=1S/C17H15FN2O2/c1-9-6-13(21)16-14(7-9)22-17(20)12(8-19)15(16)10-2-4-11(18)5-3-10/h2-5,9,15H,6-7,20H2,1H3/t9-,15+/m1/s1. The Morgan fingerprint density at radius 2 is 2.00 bits per heavy atom. The summed E-state index contributed by atoms with van der Waals surface area (Å²) in [5.74, 6) is -0.245. The number of hydrogen-bond donors (Lipinski definition) is 1. The molecule has 4 nitrogen and oxygen atoms in total. The van der Waals surface area contributed by atoms with Crippen LogP contribution in [0.2, 0.25) is 0 Å². The van der Waals surface area contributed by atoms with Gasteiger partial charge in [-0.1, -0.05) is 19.1 Å². The van der Waals surface area contributed by atoms with Crippen LogP contribution in [-0.4, -0.2) is 5.78 Å². The summed E-state index contributed by atoms with van der Waals surface area (Å²) in [6.45, 7) is 1.97. The van der Waals surface area contributed by atoms with Crippen LogP contribution in [0.15, 0.2) is 47.1 Å². The van der Waals surface area contributed by atoms with Crippen molar-refractivity contribution in [3.05, 3.63) is 58.4 Å². The average molecular weight is 298 g/mol. The fourth-order valence-electron chi connectivity index (χ4n) is 3.08. The Hall–Kier alpha value is -2.61. The van der Waals surface area contributed by atoms with Gasteiger partial charge < -0.3 is 10.5 Å². The second-order valence-corrected chi connectivity index (χ2v) is 5.75. The number of hydrogen-bond acceptors (Lipinski definition) is 4. The molecule has 22 heavy (non-hydrogen) atoms. The third kappa shape index (κ3) is 2.27. The van der Waals surface area contributed by atoms with Gasteiger partial charge in [-0.3, -0.25) is 4.79 Å². The molecule has 0 fully saturated rings. The van der Waals surface area contributed by atoms with E-state index in [-0.39, 0.29) is 29.0 Å². The first-order chi connectivity index (χ1) is 10.5. The van der Waals surface area contributed by atoms with E-state index in [1.165, 1.54) is 12.1 Å². The van der Waals surface area contributed by atoms with Crippen LogP contribution in [0, 0.1) is 23.1 Å². The van der Waals surface area contributed by atoms with E-state index >= 15 is 0 Å². The lowest BCUT2D eigenvalue weighted by molar-refractivity contribution is -0.117. The van der Waals surface area contributed by atoms with Gasteiger partial charge in [-0.2, -0.15) is 5.26 Å². The second kappa shape index (κ2) is 5.30. The minimum Gasteiger partial charge on any atom is -0.444 e. The molecule has 1 aliphatic heterocycles. The van der Waals surface area contributed by atoms with Crippen molar-refractivity contribution < 1.29 is 13.9 Å². The van der Waals surface area contributed by atoms with Crippen molar-refractivity contribution >= 4 is 5.78 Å². The number of carbonyl (C=O) groups is 1. The molecule has 0 aromatic heterocycles. The number of rotatable bonds is 1. The first-order valence-corrected chi connectivity index (χ1v) is 7.10. The zero-order valence-corrected chi connectivity index (χ0v) is 12.1. The van der Waals surface area contributed by atoms with Gasteiger partial charge in [0.1, 0.15) is 23.2 Å². The van der Waals surface area contributed by atoms with E-state index in [2.05, 4.69) is 0 Å². The zero-order chi connectivity index (χ0) is 15.9. The molecule has 1 heterocycles. The van der Waals surface area contributed by atoms with E-state index in [4.69, 9.17) is 10.5 Å². The maximum Gasteiger partial charge on any atom is 0.205 e. The van der Waals surface area contributed by atoms with Gasteiger partial charge >= 0.3 is 0 Å². The molecule has 1 aliphatic carbocycles. The maximum atomic E-state index is 13.2. The summed E-state index contributed by atoms with van der Waals surface area (Å²) in [6, 6.07) is 7.81. The van der Waals surface area contributed by atoms with Gasteiger partial charge in [0, 0.05) is 18.4 Å². The largest absolute Gasteiger partial charge is 0.444 e. The van der Waals surface area contributed by atoms with Crippen LogP contribution >= 0.6 is 0 Å². The fourth-order valence-corrected chi connectivity index (χ4v) is 3.08. The Bertz CT molecular complexity index is 741. The monoisotopic (exact) mass is 298 g/mol. The van der Waals surface area contributed by atoms with Crippen molar-refractivity contribution in [2.24, 2.45) is 11.7 Å². The molecule has 0 amide bonds. The number of benzene rings is 1. The number of ketones is 1. The molecule has 5 heteroatoms. The van der Waals surface area contributed by atoms with Crippen LogP contribution in [-0.2, 0) is 9.53 Å². The van der Waals surface area contributed by atoms with Crippen molar-refractivity contribution in [2.45, 2.75) is 25.7 Å². The molecule has 1 aromatic rings. The van der Waals surface area contributed by atoms with E-state index in [1.54, 1.807) is 12.1 Å². The van der Waals surface area contributed by atoms with Gasteiger partial charge in [-0.25, -0.2) is 4.39 Å². The molecule has 1 aromatic carbocycles. The van der Waals surface area contributed by atoms with E-state index < -0.39 is 5.92 Å². The predicted octanol–water partition coefficient (Wildman–Crippen LogP) is 2.89. The zero-order valence-electron chi connectivity index (χ0n) is 12.1. The van der Waals surface area contributed by atoms with Crippen molar-refractivity contribution in [3.8, 4) is 6.07 Å². The topological polar surface area (TPSA) is 76.1 Å². The number of nitrogens with zero attached hydrogens (tertiary/aromatic N) is 1. The third-order valence-corrected chi connectivity index (χ3v) is 4.07. The molecule has 0 saturated heterocycles. The summed E-state index contributed by atoms with van der Waals surface area (Å²) < 4.78 is 18.7. The quantitative estimate of drug-likeness (QED) is 0.865. The van der Waals surface area contributed by atoms with Gasteiger partial charge in [-0.15, -0.1) is 0 Å². The Labute approximate surface area is 127 Å². The molecule has 0 unspecified atom stereocenters. The Morgan fingerprint density at radius 1 is 1.32 bits per heavy atom. The van der Waals surface area contributed by atoms with Crippen molar-refractivity contribution in [2.75, 3.05) is 0 Å². The van der Waals surface area contributed by atoms with Gasteiger partial charge in [0.15, 0.2) is 5.78 Å². The van der Waals surface area contributed by atoms with Gasteiger partial charge in [0.2, 0.25) is 5.88 Å². The van der Waals surface area contributed by atoms with Crippen LogP contribution in [0.1, 0.15) is 31.2 Å². The highest BCUT2D eigenvalue weighted by atomic mass is 19.1. The number of nitriles is 1. The van der Waals surface area contributed by atoms with Gasteiger partial charge in [0.05, 0.1) is 5.92 Å². The third-order valence-electron chi connectivity index (χ3n) is 4.07. The molecule has 0 saturated carbocycles. The summed E-state index contributed by atoms with van der Waals surface area (Å²) in [6.07, 6.45) is 1.02. The maximum absolute atomic E-state index is 13.2. The van der Waals surface area contributed by atoms with E-state index in [0.29, 0.717) is 29.7 Å². The Morgan fingerprint density at radius 3 is 2.64 bits per heavy atom. The second-order valence-electron chi connectivity index (χ2n) is 5.75. The van der Waals surface area contributed by atoms with Crippen molar-refractivity contribution in [1.82, 2.24) is 0 Å². The summed E-state index contributed by atoms with van der Waals surface area (Å²) >= 11 is 0. The average Bonchev–Trinajstić information content (AvgIpc) is 2.46. The Balaban J connectivity index is 2.16. The molecule has 0 bridgehead atoms. The lowest BCUT2D eigenvalue weighted by Gasteiger charge is -2.32. The van der Waals surface area contributed by atoms with E-state index in [9.17, 15) is 14.4 Å². The van der Waals surface area contributed by atoms with Crippen molar-refractivity contribution in [3.63, 3.8) is 0 Å². The number of carbonyl (C=O) groups excluding carboxylic acids is 1. The highest BCUT2D eigenvalue weighted by Crippen LogP contribution is 2.44. The normalized spacial score (nSPS) is 24.7. The highest BCUT2D eigenvalue weighted by Gasteiger charge is 2.39. The smallest absolute Gasteiger partial charge is 0.205 e. The van der Waals surface area contributed by atoms with Crippen LogP contribution in [0.25, 0.3) is 0 Å². The van der Waals surface area contributed by atoms with Crippen LogP contribution < -0.4 is 5.73 Å². The molecule has 2 atom stereocenters. The minimum absolute atomic E-state index is 0.0254. The summed E-state index contributed by atoms with van der Waals surface area (Å²) in [4.78, 5) is 12.5. The SMILES string of the molecule is C[C@@H]1CC(=O)C2=C(C1)OC(N)=C(C#N)[C@@H]2c1ccc(F)cc1. The Kier molecular flexibility index (Phi) is 3.45. The molecule has 0 radical (unpaired) electrons. The summed E-state index contributed by atoms with van der Waals surface area (Å²) in [5.41, 5.74) is 7.21. The highest BCUT2D eigenvalue weighted by molar-refractivity contribution is 5.99. The van der Waals surface area contributed by atoms with Gasteiger partial charge in [-0.05, 0) is 23.6 Å². The van der Waals surface area contributed by atoms with Crippen molar-refractivity contribution in [1.29, 1.82) is 5.26 Å². The number of halogens is 1. The number of ether oxygens (including phenoxy) is 1. The lowest BCUT2D eigenvalue weighted by Crippen LogP contribution is -2.29. The lowest BCUT2D eigenvalue weighted by atomic mass is 9.75. The van der Waals surface area contributed by atoms with Gasteiger partial charge in [0.25, 0.3) is 0 Å². The number of Topliss-reactive ketones (excluding diaryl/α,β-unsaturated/α-hetero) is 1. The van der Waals surface area contributed by atoms with E-state index in [1.807, 2.05) is 13.0 Å². The summed E-state index contributed by atoms with van der Waals surface area (Å²) in [7, 11) is 0. The number of allylic oxidation sites excluding steroid dienone is 3. The molecule has 3 rings (SSSR count).